The Labute approximate surface area is 117 Å². The Morgan fingerprint density at radius 1 is 1.26 bits per heavy atom. The van der Waals surface area contributed by atoms with Gasteiger partial charge in [0, 0.05) is 12.5 Å². The molecule has 1 rings (SSSR count). The van der Waals surface area contributed by atoms with Crippen molar-refractivity contribution < 1.29 is 5.21 Å². The zero-order chi connectivity index (χ0) is 13.9. The van der Waals surface area contributed by atoms with E-state index in [-0.39, 0.29) is 0 Å². The van der Waals surface area contributed by atoms with Gasteiger partial charge in [0.25, 0.3) is 0 Å². The quantitative estimate of drug-likeness (QED) is 0.196. The first-order valence-corrected chi connectivity index (χ1v) is 7.61. The van der Waals surface area contributed by atoms with Crippen LogP contribution in [-0.2, 0) is 0 Å². The number of nitrogens with one attached hydrogen (secondary N) is 1. The van der Waals surface area contributed by atoms with Crippen LogP contribution in [-0.4, -0.2) is 48.7 Å². The number of amidine groups is 1. The van der Waals surface area contributed by atoms with Crippen molar-refractivity contribution >= 4 is 5.84 Å². The lowest BCUT2D eigenvalue weighted by atomic mass is 9.94. The molecule has 0 bridgehead atoms. The Morgan fingerprint density at radius 2 is 1.95 bits per heavy atom. The van der Waals surface area contributed by atoms with Crippen molar-refractivity contribution in [2.24, 2.45) is 10.9 Å². The van der Waals surface area contributed by atoms with Crippen molar-refractivity contribution in [3.63, 3.8) is 0 Å². The van der Waals surface area contributed by atoms with E-state index < -0.39 is 0 Å². The lowest BCUT2D eigenvalue weighted by Crippen LogP contribution is -2.35. The van der Waals surface area contributed by atoms with Crippen molar-refractivity contribution in [2.45, 2.75) is 57.4 Å². The second-order valence-electron chi connectivity index (χ2n) is 5.57. The number of nitrogens with two attached hydrogens (primary N) is 1. The average Bonchev–Trinajstić information content (AvgIpc) is 2.46. The second-order valence-corrected chi connectivity index (χ2v) is 5.57. The van der Waals surface area contributed by atoms with E-state index in [1.807, 2.05) is 0 Å². The standard InChI is InChI=1S/C14H30N4O/c1-18(13-7-3-2-4-8-13)12-6-11-16-10-5-9-14(15)17-19/h13,16,19H,2-12H2,1H3,(H2,15,17). The Hall–Kier alpha value is -0.810. The molecule has 1 aliphatic rings. The highest BCUT2D eigenvalue weighted by molar-refractivity contribution is 5.79. The number of oxime groups is 1. The highest BCUT2D eigenvalue weighted by atomic mass is 16.4. The number of rotatable bonds is 9. The number of nitrogens with zero attached hydrogens (tertiary/aromatic N) is 2. The smallest absolute Gasteiger partial charge is 0.139 e. The van der Waals surface area contributed by atoms with Gasteiger partial charge in [0.15, 0.2) is 0 Å². The fourth-order valence-electron chi connectivity index (χ4n) is 2.73. The third-order valence-electron chi connectivity index (χ3n) is 3.98. The van der Waals surface area contributed by atoms with Crippen LogP contribution in [0.5, 0.6) is 0 Å². The highest BCUT2D eigenvalue weighted by Crippen LogP contribution is 2.21. The van der Waals surface area contributed by atoms with Crippen molar-refractivity contribution in [3.8, 4) is 0 Å². The minimum absolute atomic E-state index is 0.318. The van der Waals surface area contributed by atoms with E-state index >= 15 is 0 Å². The predicted molar refractivity (Wildman–Crippen MR) is 79.6 cm³/mol. The van der Waals surface area contributed by atoms with Gasteiger partial charge < -0.3 is 21.2 Å². The van der Waals surface area contributed by atoms with Crippen LogP contribution in [0.25, 0.3) is 0 Å². The second kappa shape index (κ2) is 10.0. The van der Waals surface area contributed by atoms with Gasteiger partial charge in [-0.15, -0.1) is 0 Å². The minimum atomic E-state index is 0.318. The van der Waals surface area contributed by atoms with Gasteiger partial charge in [-0.25, -0.2) is 0 Å². The lowest BCUT2D eigenvalue weighted by molar-refractivity contribution is 0.189. The largest absolute Gasteiger partial charge is 0.409 e. The molecular formula is C14H30N4O. The topological polar surface area (TPSA) is 73.9 Å². The summed E-state index contributed by atoms with van der Waals surface area (Å²) in [5.41, 5.74) is 5.40. The van der Waals surface area contributed by atoms with Crippen molar-refractivity contribution in [3.05, 3.63) is 0 Å². The van der Waals surface area contributed by atoms with Gasteiger partial charge >= 0.3 is 0 Å². The minimum Gasteiger partial charge on any atom is -0.409 e. The summed E-state index contributed by atoms with van der Waals surface area (Å²) in [6, 6.07) is 0.814. The average molecular weight is 270 g/mol. The van der Waals surface area contributed by atoms with Gasteiger partial charge in [0.05, 0.1) is 0 Å². The maximum Gasteiger partial charge on any atom is 0.139 e. The normalized spacial score (nSPS) is 18.1. The maximum absolute atomic E-state index is 8.40. The molecule has 0 atom stereocenters. The molecule has 0 aromatic rings. The molecule has 1 fully saturated rings. The Balaban J connectivity index is 1.92. The summed E-state index contributed by atoms with van der Waals surface area (Å²) in [5, 5.41) is 14.8. The molecule has 1 aliphatic carbocycles. The highest BCUT2D eigenvalue weighted by Gasteiger charge is 2.16. The molecule has 5 heteroatoms. The van der Waals surface area contributed by atoms with E-state index in [0.717, 1.165) is 25.6 Å². The molecule has 0 aromatic heterocycles. The molecule has 0 aliphatic heterocycles. The maximum atomic E-state index is 8.40. The first kappa shape index (κ1) is 16.2. The molecule has 4 N–H and O–H groups in total. The number of hydrogen-bond donors (Lipinski definition) is 3. The molecule has 0 amide bonds. The molecule has 0 spiro atoms. The van der Waals surface area contributed by atoms with E-state index in [2.05, 4.69) is 22.4 Å². The van der Waals surface area contributed by atoms with E-state index in [4.69, 9.17) is 10.9 Å². The van der Waals surface area contributed by atoms with Gasteiger partial charge in [-0.1, -0.05) is 24.4 Å². The SMILES string of the molecule is CN(CCCNCCCC(N)=NO)C1CCCCC1. The van der Waals surface area contributed by atoms with Gasteiger partial charge in [0.2, 0.25) is 0 Å². The van der Waals surface area contributed by atoms with Gasteiger partial charge in [-0.3, -0.25) is 0 Å². The van der Waals surface area contributed by atoms with Crippen molar-refractivity contribution in [1.29, 1.82) is 0 Å². The molecule has 112 valence electrons. The van der Waals surface area contributed by atoms with Gasteiger partial charge in [-0.05, 0) is 52.4 Å². The van der Waals surface area contributed by atoms with Crippen LogP contribution in [0.2, 0.25) is 0 Å². The molecule has 0 radical (unpaired) electrons. The van der Waals surface area contributed by atoms with Crippen LogP contribution in [0, 0.1) is 0 Å². The lowest BCUT2D eigenvalue weighted by Gasteiger charge is -2.31. The third kappa shape index (κ3) is 7.38. The van der Waals surface area contributed by atoms with E-state index in [9.17, 15) is 0 Å². The van der Waals surface area contributed by atoms with Crippen LogP contribution in [0.3, 0.4) is 0 Å². The summed E-state index contributed by atoms with van der Waals surface area (Å²) in [6.07, 6.45) is 9.76. The van der Waals surface area contributed by atoms with Crippen LogP contribution in [0.15, 0.2) is 5.16 Å². The van der Waals surface area contributed by atoms with Crippen molar-refractivity contribution in [2.75, 3.05) is 26.7 Å². The molecule has 0 saturated heterocycles. The summed E-state index contributed by atoms with van der Waals surface area (Å²) >= 11 is 0. The summed E-state index contributed by atoms with van der Waals surface area (Å²) in [5.74, 6) is 0.318. The first-order chi connectivity index (χ1) is 9.24. The van der Waals surface area contributed by atoms with E-state index in [0.29, 0.717) is 12.3 Å². The molecule has 5 nitrogen and oxygen atoms in total. The molecule has 0 unspecified atom stereocenters. The Bertz CT molecular complexity index is 252. The molecular weight excluding hydrogens is 240 g/mol. The monoisotopic (exact) mass is 270 g/mol. The van der Waals surface area contributed by atoms with Crippen LogP contribution < -0.4 is 11.1 Å². The van der Waals surface area contributed by atoms with Crippen LogP contribution >= 0.6 is 0 Å². The van der Waals surface area contributed by atoms with Crippen LogP contribution in [0.4, 0.5) is 0 Å². The molecule has 0 heterocycles. The van der Waals surface area contributed by atoms with Gasteiger partial charge in [0.1, 0.15) is 5.84 Å². The summed E-state index contributed by atoms with van der Waals surface area (Å²) in [6.45, 7) is 3.16. The Morgan fingerprint density at radius 3 is 2.63 bits per heavy atom. The fraction of sp³-hybridized carbons (Fsp3) is 0.929. The molecule has 0 aromatic carbocycles. The summed E-state index contributed by atoms with van der Waals surface area (Å²) < 4.78 is 0. The van der Waals surface area contributed by atoms with Crippen LogP contribution in [0.1, 0.15) is 51.4 Å². The first-order valence-electron chi connectivity index (χ1n) is 7.61. The summed E-state index contributed by atoms with van der Waals surface area (Å²) in [4.78, 5) is 2.53. The Kier molecular flexibility index (Phi) is 8.58. The fourth-order valence-corrected chi connectivity index (χ4v) is 2.73. The van der Waals surface area contributed by atoms with Gasteiger partial charge in [-0.2, -0.15) is 0 Å². The van der Waals surface area contributed by atoms with E-state index in [1.54, 1.807) is 0 Å². The molecule has 1 saturated carbocycles. The summed E-state index contributed by atoms with van der Waals surface area (Å²) in [7, 11) is 2.26. The number of hydrogen-bond acceptors (Lipinski definition) is 4. The third-order valence-corrected chi connectivity index (χ3v) is 3.98. The van der Waals surface area contributed by atoms with Crippen molar-refractivity contribution in [1.82, 2.24) is 10.2 Å². The zero-order valence-corrected chi connectivity index (χ0v) is 12.3. The van der Waals surface area contributed by atoms with E-state index in [1.165, 1.54) is 45.1 Å². The molecule has 19 heavy (non-hydrogen) atoms. The predicted octanol–water partition coefficient (Wildman–Crippen LogP) is 1.76. The zero-order valence-electron chi connectivity index (χ0n) is 12.3.